The Morgan fingerprint density at radius 1 is 1.12 bits per heavy atom. The highest BCUT2D eigenvalue weighted by atomic mass is 32.2. The van der Waals surface area contributed by atoms with Gasteiger partial charge in [-0.15, -0.1) is 0 Å². The molecule has 2 aromatic rings. The monoisotopic (exact) mass is 349 g/mol. The summed E-state index contributed by atoms with van der Waals surface area (Å²) in [7, 11) is -3.75. The third-order valence-electron chi connectivity index (χ3n) is 3.11. The van der Waals surface area contributed by atoms with Crippen LogP contribution >= 0.6 is 0 Å². The Labute approximate surface area is 141 Å². The zero-order valence-electron chi connectivity index (χ0n) is 13.2. The maximum Gasteiger partial charge on any atom is 0.241 e. The summed E-state index contributed by atoms with van der Waals surface area (Å²) >= 11 is 0. The zero-order chi connectivity index (χ0) is 17.4. The van der Waals surface area contributed by atoms with Crippen LogP contribution in [0.1, 0.15) is 12.5 Å². The molecule has 0 aliphatic carbocycles. The predicted octanol–water partition coefficient (Wildman–Crippen LogP) is 1.07. The van der Waals surface area contributed by atoms with E-state index in [9.17, 15) is 13.2 Å². The smallest absolute Gasteiger partial charge is 0.241 e. The number of carbonyl (C=O) groups is 1. The van der Waals surface area contributed by atoms with E-state index in [1.165, 1.54) is 12.1 Å². The van der Waals surface area contributed by atoms with Crippen LogP contribution in [-0.4, -0.2) is 32.5 Å². The topological polar surface area (TPSA) is 97.4 Å². The van der Waals surface area contributed by atoms with E-state index < -0.39 is 15.9 Å². The number of carbonyl (C=O) groups excluding carboxylic acids is 1. The maximum absolute atomic E-state index is 12.1. The minimum atomic E-state index is -3.75. The van der Waals surface area contributed by atoms with Crippen molar-refractivity contribution in [2.24, 2.45) is 0 Å². The van der Waals surface area contributed by atoms with E-state index in [1.807, 2.05) is 6.92 Å². The largest absolute Gasteiger partial charge is 0.494 e. The fraction of sp³-hybridized carbons (Fsp3) is 0.250. The summed E-state index contributed by atoms with van der Waals surface area (Å²) in [6, 6.07) is 9.54. The number of sulfonamides is 1. The molecule has 0 aliphatic heterocycles. The molecule has 8 heteroatoms. The fourth-order valence-corrected chi connectivity index (χ4v) is 2.87. The number of nitrogens with one attached hydrogen (secondary N) is 2. The highest BCUT2D eigenvalue weighted by Crippen LogP contribution is 2.15. The molecule has 0 atom stereocenters. The van der Waals surface area contributed by atoms with Crippen LogP contribution in [0, 0.1) is 0 Å². The molecule has 128 valence electrons. The van der Waals surface area contributed by atoms with Crippen LogP contribution in [0.15, 0.2) is 53.7 Å². The van der Waals surface area contributed by atoms with Gasteiger partial charge in [-0.3, -0.25) is 9.78 Å². The van der Waals surface area contributed by atoms with Gasteiger partial charge in [0, 0.05) is 18.9 Å². The van der Waals surface area contributed by atoms with Gasteiger partial charge in [0.05, 0.1) is 18.0 Å². The van der Waals surface area contributed by atoms with E-state index >= 15 is 0 Å². The lowest BCUT2D eigenvalue weighted by Gasteiger charge is -2.09. The molecule has 24 heavy (non-hydrogen) atoms. The van der Waals surface area contributed by atoms with Gasteiger partial charge in [-0.25, -0.2) is 13.1 Å². The Kier molecular flexibility index (Phi) is 6.28. The molecule has 2 N–H and O–H groups in total. The van der Waals surface area contributed by atoms with E-state index in [0.29, 0.717) is 18.9 Å². The second kappa shape index (κ2) is 8.42. The van der Waals surface area contributed by atoms with Gasteiger partial charge < -0.3 is 10.1 Å². The Balaban J connectivity index is 1.86. The molecule has 0 bridgehead atoms. The summed E-state index contributed by atoms with van der Waals surface area (Å²) in [6.07, 6.45) is 3.24. The molecular formula is C16H19N3O4S. The molecule has 1 aromatic heterocycles. The molecule has 0 saturated carbocycles. The SMILES string of the molecule is CCOc1ccc(S(=O)(=O)NCC(=O)NCc2ccncc2)cc1. The average Bonchev–Trinajstić information content (AvgIpc) is 2.60. The quantitative estimate of drug-likeness (QED) is 0.743. The molecule has 0 aliphatic rings. The van der Waals surface area contributed by atoms with Crippen molar-refractivity contribution in [3.63, 3.8) is 0 Å². The van der Waals surface area contributed by atoms with E-state index in [0.717, 1.165) is 5.56 Å². The molecule has 0 unspecified atom stereocenters. The zero-order valence-corrected chi connectivity index (χ0v) is 14.0. The molecule has 2 rings (SSSR count). The lowest BCUT2D eigenvalue weighted by Crippen LogP contribution is -2.36. The van der Waals surface area contributed by atoms with Crippen molar-refractivity contribution in [1.82, 2.24) is 15.0 Å². The number of nitrogens with zero attached hydrogens (tertiary/aromatic N) is 1. The average molecular weight is 349 g/mol. The van der Waals surface area contributed by atoms with Crippen LogP contribution in [0.25, 0.3) is 0 Å². The van der Waals surface area contributed by atoms with Crippen LogP contribution in [0.3, 0.4) is 0 Å². The summed E-state index contributed by atoms with van der Waals surface area (Å²) in [5, 5.41) is 2.64. The fourth-order valence-electron chi connectivity index (χ4n) is 1.89. The lowest BCUT2D eigenvalue weighted by molar-refractivity contribution is -0.120. The number of benzene rings is 1. The summed E-state index contributed by atoms with van der Waals surface area (Å²) in [4.78, 5) is 15.7. The first kappa shape index (κ1) is 17.9. The number of aromatic nitrogens is 1. The van der Waals surface area contributed by atoms with E-state index in [-0.39, 0.29) is 11.4 Å². The van der Waals surface area contributed by atoms with Crippen LogP contribution < -0.4 is 14.8 Å². The Hall–Kier alpha value is -2.45. The van der Waals surface area contributed by atoms with Crippen molar-refractivity contribution in [1.29, 1.82) is 0 Å². The molecule has 1 amide bonds. The van der Waals surface area contributed by atoms with Crippen molar-refractivity contribution in [3.05, 3.63) is 54.4 Å². The predicted molar refractivity (Wildman–Crippen MR) is 88.9 cm³/mol. The highest BCUT2D eigenvalue weighted by Gasteiger charge is 2.15. The summed E-state index contributed by atoms with van der Waals surface area (Å²) in [5.74, 6) is 0.174. The van der Waals surface area contributed by atoms with E-state index in [4.69, 9.17) is 4.74 Å². The van der Waals surface area contributed by atoms with Gasteiger partial charge in [0.1, 0.15) is 5.75 Å². The molecule has 1 heterocycles. The third kappa shape index (κ3) is 5.32. The number of hydrogen-bond acceptors (Lipinski definition) is 5. The second-order valence-corrected chi connectivity index (χ2v) is 6.63. The minimum Gasteiger partial charge on any atom is -0.494 e. The molecule has 1 aromatic carbocycles. The van der Waals surface area contributed by atoms with Crippen LogP contribution in [0.2, 0.25) is 0 Å². The van der Waals surface area contributed by atoms with E-state index in [2.05, 4.69) is 15.0 Å². The third-order valence-corrected chi connectivity index (χ3v) is 4.52. The summed E-state index contributed by atoms with van der Waals surface area (Å²) in [6.45, 7) is 2.32. The first-order valence-electron chi connectivity index (χ1n) is 7.39. The van der Waals surface area contributed by atoms with Crippen molar-refractivity contribution < 1.29 is 17.9 Å². The Morgan fingerprint density at radius 3 is 2.42 bits per heavy atom. The van der Waals surface area contributed by atoms with Crippen molar-refractivity contribution in [2.75, 3.05) is 13.2 Å². The molecule has 0 saturated heterocycles. The number of rotatable bonds is 8. The molecular weight excluding hydrogens is 330 g/mol. The Morgan fingerprint density at radius 2 is 1.79 bits per heavy atom. The van der Waals surface area contributed by atoms with Gasteiger partial charge in [0.15, 0.2) is 0 Å². The summed E-state index contributed by atoms with van der Waals surface area (Å²) in [5.41, 5.74) is 0.882. The molecule has 0 fully saturated rings. The van der Waals surface area contributed by atoms with Crippen molar-refractivity contribution in [3.8, 4) is 5.75 Å². The maximum atomic E-state index is 12.1. The van der Waals surface area contributed by atoms with Crippen molar-refractivity contribution in [2.45, 2.75) is 18.4 Å². The molecule has 7 nitrogen and oxygen atoms in total. The van der Waals surface area contributed by atoms with Crippen LogP contribution in [0.4, 0.5) is 0 Å². The van der Waals surface area contributed by atoms with Gasteiger partial charge in [-0.1, -0.05) is 0 Å². The van der Waals surface area contributed by atoms with Gasteiger partial charge in [0.25, 0.3) is 0 Å². The van der Waals surface area contributed by atoms with Gasteiger partial charge in [-0.2, -0.15) is 0 Å². The van der Waals surface area contributed by atoms with Crippen LogP contribution in [-0.2, 0) is 21.4 Å². The van der Waals surface area contributed by atoms with Gasteiger partial charge in [-0.05, 0) is 48.9 Å². The first-order chi connectivity index (χ1) is 11.5. The van der Waals surface area contributed by atoms with E-state index in [1.54, 1.807) is 36.7 Å². The summed E-state index contributed by atoms with van der Waals surface area (Å²) < 4.78 is 31.8. The standard InChI is InChI=1S/C16H19N3O4S/c1-2-23-14-3-5-15(6-4-14)24(21,22)19-12-16(20)18-11-13-7-9-17-10-8-13/h3-10,19H,2,11-12H2,1H3,(H,18,20). The number of ether oxygens (including phenoxy) is 1. The normalized spacial score (nSPS) is 11.0. The Bertz CT molecular complexity index is 762. The van der Waals surface area contributed by atoms with Crippen LogP contribution in [0.5, 0.6) is 5.75 Å². The highest BCUT2D eigenvalue weighted by molar-refractivity contribution is 7.89. The van der Waals surface area contributed by atoms with Crippen molar-refractivity contribution >= 4 is 15.9 Å². The van der Waals surface area contributed by atoms with Gasteiger partial charge in [0.2, 0.25) is 15.9 Å². The number of amides is 1. The first-order valence-corrected chi connectivity index (χ1v) is 8.87. The number of hydrogen-bond donors (Lipinski definition) is 2. The number of pyridine rings is 1. The lowest BCUT2D eigenvalue weighted by atomic mass is 10.3. The molecule has 0 spiro atoms. The molecule has 0 radical (unpaired) electrons. The second-order valence-electron chi connectivity index (χ2n) is 4.86. The minimum absolute atomic E-state index is 0.0767. The van der Waals surface area contributed by atoms with Gasteiger partial charge >= 0.3 is 0 Å².